The third-order valence-electron chi connectivity index (χ3n) is 3.03. The molecule has 0 atom stereocenters. The van der Waals surface area contributed by atoms with Gasteiger partial charge in [0, 0.05) is 19.3 Å². The van der Waals surface area contributed by atoms with E-state index in [9.17, 15) is 9.59 Å². The Balaban J connectivity index is 2.00. The molecule has 102 valence electrons. The van der Waals surface area contributed by atoms with Gasteiger partial charge in [-0.2, -0.15) is 0 Å². The number of carboxylic acid groups (broad SMARTS) is 1. The molecule has 2 N–H and O–H groups in total. The number of nitrogens with one attached hydrogen (secondary N) is 1. The Labute approximate surface area is 116 Å². The summed E-state index contributed by atoms with van der Waals surface area (Å²) in [6.45, 7) is 0.743. The minimum absolute atomic E-state index is 0.0194. The number of amides is 2. The van der Waals surface area contributed by atoms with Crippen LogP contribution in [0.25, 0.3) is 0 Å². The maximum atomic E-state index is 11.9. The second-order valence-corrected chi connectivity index (χ2v) is 5.16. The van der Waals surface area contributed by atoms with Crippen LogP contribution in [0, 0.1) is 5.92 Å². The summed E-state index contributed by atoms with van der Waals surface area (Å²) in [5.74, 6) is -0.470. The van der Waals surface area contributed by atoms with E-state index in [1.54, 1.807) is 11.9 Å². The molecule has 2 rings (SSSR count). The highest BCUT2D eigenvalue weighted by Gasteiger charge is 2.24. The summed E-state index contributed by atoms with van der Waals surface area (Å²) in [4.78, 5) is 24.3. The molecule has 0 heterocycles. The van der Waals surface area contributed by atoms with Crippen LogP contribution >= 0.6 is 11.6 Å². The molecule has 19 heavy (non-hydrogen) atoms. The molecule has 0 radical (unpaired) electrons. The maximum absolute atomic E-state index is 11.9. The lowest BCUT2D eigenvalue weighted by molar-refractivity contribution is 0.0697. The van der Waals surface area contributed by atoms with Crippen molar-refractivity contribution in [1.29, 1.82) is 0 Å². The average molecular weight is 283 g/mol. The maximum Gasteiger partial charge on any atom is 0.337 e. The van der Waals surface area contributed by atoms with Gasteiger partial charge in [0.2, 0.25) is 0 Å². The second kappa shape index (κ2) is 5.48. The number of nitrogens with zero attached hydrogens (tertiary/aromatic N) is 1. The van der Waals surface area contributed by atoms with E-state index in [-0.39, 0.29) is 16.6 Å². The summed E-state index contributed by atoms with van der Waals surface area (Å²) in [7, 11) is 1.74. The van der Waals surface area contributed by atoms with Crippen molar-refractivity contribution in [2.24, 2.45) is 5.92 Å². The van der Waals surface area contributed by atoms with Crippen molar-refractivity contribution in [2.75, 3.05) is 18.9 Å². The van der Waals surface area contributed by atoms with Crippen LogP contribution in [-0.4, -0.2) is 35.6 Å². The van der Waals surface area contributed by atoms with E-state index in [1.165, 1.54) is 31.0 Å². The average Bonchev–Trinajstić information content (AvgIpc) is 3.12. The van der Waals surface area contributed by atoms with Gasteiger partial charge in [-0.3, -0.25) is 0 Å². The first kappa shape index (κ1) is 13.7. The Bertz CT molecular complexity index is 515. The molecule has 1 saturated carbocycles. The van der Waals surface area contributed by atoms with Gasteiger partial charge in [-0.25, -0.2) is 9.59 Å². The number of carbonyl (C=O) groups is 2. The molecule has 6 heteroatoms. The quantitative estimate of drug-likeness (QED) is 0.892. The number of hydrogen-bond donors (Lipinski definition) is 2. The first-order valence-corrected chi connectivity index (χ1v) is 6.40. The molecule has 0 aliphatic heterocycles. The van der Waals surface area contributed by atoms with Crippen LogP contribution in [0.3, 0.4) is 0 Å². The largest absolute Gasteiger partial charge is 0.478 e. The van der Waals surface area contributed by atoms with Gasteiger partial charge in [-0.1, -0.05) is 11.6 Å². The second-order valence-electron chi connectivity index (χ2n) is 4.75. The number of hydrogen-bond acceptors (Lipinski definition) is 2. The summed E-state index contributed by atoms with van der Waals surface area (Å²) in [5.41, 5.74) is 0.508. The van der Waals surface area contributed by atoms with Gasteiger partial charge in [-0.15, -0.1) is 0 Å². The summed E-state index contributed by atoms with van der Waals surface area (Å²) in [6.07, 6.45) is 2.35. The molecular formula is C13H15ClN2O3. The molecular weight excluding hydrogens is 268 g/mol. The van der Waals surface area contributed by atoms with E-state index < -0.39 is 5.97 Å². The predicted octanol–water partition coefficient (Wildman–Crippen LogP) is 2.91. The first-order chi connectivity index (χ1) is 8.97. The number of halogens is 1. The molecule has 1 aromatic carbocycles. The minimum atomic E-state index is -1.09. The molecule has 1 fully saturated rings. The fraction of sp³-hybridized carbons (Fsp3) is 0.385. The van der Waals surface area contributed by atoms with Crippen molar-refractivity contribution >= 4 is 29.3 Å². The topological polar surface area (TPSA) is 69.6 Å². The highest BCUT2D eigenvalue weighted by Crippen LogP contribution is 2.29. The predicted molar refractivity (Wildman–Crippen MR) is 72.8 cm³/mol. The Morgan fingerprint density at radius 3 is 2.68 bits per heavy atom. The number of aromatic carboxylic acids is 1. The zero-order valence-corrected chi connectivity index (χ0v) is 11.3. The number of carbonyl (C=O) groups excluding carboxylic acids is 1. The SMILES string of the molecule is CN(CC1CC1)C(=O)Nc1ccc(C(=O)O)c(Cl)c1. The van der Waals surface area contributed by atoms with Crippen LogP contribution in [0.1, 0.15) is 23.2 Å². The Kier molecular flexibility index (Phi) is 3.95. The van der Waals surface area contributed by atoms with E-state index in [1.807, 2.05) is 0 Å². The number of anilines is 1. The molecule has 0 bridgehead atoms. The molecule has 2 amide bonds. The Hall–Kier alpha value is -1.75. The molecule has 0 aromatic heterocycles. The fourth-order valence-electron chi connectivity index (χ4n) is 1.76. The molecule has 1 aromatic rings. The van der Waals surface area contributed by atoms with Crippen molar-refractivity contribution in [3.8, 4) is 0 Å². The molecule has 1 aliphatic rings. The van der Waals surface area contributed by atoms with Gasteiger partial charge in [0.05, 0.1) is 10.6 Å². The van der Waals surface area contributed by atoms with E-state index in [2.05, 4.69) is 5.32 Å². The number of benzene rings is 1. The van der Waals surface area contributed by atoms with E-state index in [0.29, 0.717) is 11.6 Å². The van der Waals surface area contributed by atoms with Gasteiger partial charge in [0.1, 0.15) is 0 Å². The van der Waals surface area contributed by atoms with Crippen LogP contribution in [0.2, 0.25) is 5.02 Å². The first-order valence-electron chi connectivity index (χ1n) is 6.02. The van der Waals surface area contributed by atoms with Gasteiger partial charge >= 0.3 is 12.0 Å². The zero-order valence-electron chi connectivity index (χ0n) is 10.5. The van der Waals surface area contributed by atoms with Crippen LogP contribution in [0.15, 0.2) is 18.2 Å². The van der Waals surface area contributed by atoms with Crippen LogP contribution in [-0.2, 0) is 0 Å². The highest BCUT2D eigenvalue weighted by molar-refractivity contribution is 6.33. The lowest BCUT2D eigenvalue weighted by Crippen LogP contribution is -2.32. The van der Waals surface area contributed by atoms with Crippen LogP contribution in [0.5, 0.6) is 0 Å². The van der Waals surface area contributed by atoms with Crippen molar-refractivity contribution in [1.82, 2.24) is 4.90 Å². The summed E-state index contributed by atoms with van der Waals surface area (Å²) in [5, 5.41) is 11.7. The van der Waals surface area contributed by atoms with Crippen molar-refractivity contribution < 1.29 is 14.7 Å². The van der Waals surface area contributed by atoms with Gasteiger partial charge in [0.25, 0.3) is 0 Å². The van der Waals surface area contributed by atoms with Gasteiger partial charge in [-0.05, 0) is 37.0 Å². The third kappa shape index (κ3) is 3.61. The minimum Gasteiger partial charge on any atom is -0.478 e. The third-order valence-corrected chi connectivity index (χ3v) is 3.34. The Morgan fingerprint density at radius 2 is 2.16 bits per heavy atom. The molecule has 1 aliphatic carbocycles. The van der Waals surface area contributed by atoms with Crippen LogP contribution < -0.4 is 5.32 Å². The van der Waals surface area contributed by atoms with Crippen LogP contribution in [0.4, 0.5) is 10.5 Å². The Morgan fingerprint density at radius 1 is 1.47 bits per heavy atom. The van der Waals surface area contributed by atoms with E-state index >= 15 is 0 Å². The van der Waals surface area contributed by atoms with Gasteiger partial charge in [0.15, 0.2) is 0 Å². The molecule has 0 spiro atoms. The van der Waals surface area contributed by atoms with Crippen molar-refractivity contribution in [2.45, 2.75) is 12.8 Å². The molecule has 0 unspecified atom stereocenters. The fourth-order valence-corrected chi connectivity index (χ4v) is 2.02. The number of carboxylic acids is 1. The van der Waals surface area contributed by atoms with E-state index in [4.69, 9.17) is 16.7 Å². The zero-order chi connectivity index (χ0) is 14.0. The number of urea groups is 1. The lowest BCUT2D eigenvalue weighted by Gasteiger charge is -2.17. The summed E-state index contributed by atoms with van der Waals surface area (Å²) < 4.78 is 0. The summed E-state index contributed by atoms with van der Waals surface area (Å²) in [6, 6.07) is 4.12. The standard InChI is InChI=1S/C13H15ClN2O3/c1-16(7-8-2-3-8)13(19)15-9-4-5-10(12(17)18)11(14)6-9/h4-6,8H,2-3,7H2,1H3,(H,15,19)(H,17,18). The summed E-state index contributed by atoms with van der Waals surface area (Å²) >= 11 is 5.84. The van der Waals surface area contributed by atoms with E-state index in [0.717, 1.165) is 6.54 Å². The monoisotopic (exact) mass is 282 g/mol. The normalized spacial score (nSPS) is 14.0. The lowest BCUT2D eigenvalue weighted by atomic mass is 10.2. The molecule has 5 nitrogen and oxygen atoms in total. The number of rotatable bonds is 4. The smallest absolute Gasteiger partial charge is 0.337 e. The van der Waals surface area contributed by atoms with Crippen molar-refractivity contribution in [3.05, 3.63) is 28.8 Å². The highest BCUT2D eigenvalue weighted by atomic mass is 35.5. The van der Waals surface area contributed by atoms with Gasteiger partial charge < -0.3 is 15.3 Å². The van der Waals surface area contributed by atoms with Crippen molar-refractivity contribution in [3.63, 3.8) is 0 Å². The molecule has 0 saturated heterocycles.